The molecule has 3 heteroatoms. The van der Waals surface area contributed by atoms with Gasteiger partial charge in [-0.25, -0.2) is 0 Å². The van der Waals surface area contributed by atoms with Crippen molar-refractivity contribution in [2.75, 3.05) is 6.61 Å². The molecule has 0 heterocycles. The fourth-order valence-electron chi connectivity index (χ4n) is 3.46. The van der Waals surface area contributed by atoms with Crippen molar-refractivity contribution in [3.8, 4) is 5.75 Å². The molecule has 1 aliphatic carbocycles. The lowest BCUT2D eigenvalue weighted by atomic mass is 9.97. The van der Waals surface area contributed by atoms with Gasteiger partial charge in [-0.1, -0.05) is 46.8 Å². The van der Waals surface area contributed by atoms with Gasteiger partial charge in [-0.2, -0.15) is 0 Å². The molecule has 1 fully saturated rings. The monoisotopic (exact) mass is 276 g/mol. The standard InChI is InChI=1S/C17H28N2O/c1-6-11-20-13-9-7-12(8-10-13)14(19-18)15-16(2,3)17(15,4)5/h7-10,14-15,19H,6,11,18H2,1-5H3. The van der Waals surface area contributed by atoms with E-state index in [1.807, 2.05) is 12.1 Å². The molecule has 0 bridgehead atoms. The van der Waals surface area contributed by atoms with Gasteiger partial charge in [0.25, 0.3) is 0 Å². The van der Waals surface area contributed by atoms with Crippen molar-refractivity contribution >= 4 is 0 Å². The number of nitrogens with one attached hydrogen (secondary N) is 1. The second kappa shape index (κ2) is 5.38. The van der Waals surface area contributed by atoms with Gasteiger partial charge in [0.05, 0.1) is 6.61 Å². The van der Waals surface area contributed by atoms with Crippen molar-refractivity contribution in [2.24, 2.45) is 22.6 Å². The Kier molecular flexibility index (Phi) is 4.12. The zero-order valence-corrected chi connectivity index (χ0v) is 13.4. The topological polar surface area (TPSA) is 47.3 Å². The van der Waals surface area contributed by atoms with Crippen LogP contribution < -0.4 is 16.0 Å². The molecule has 3 nitrogen and oxygen atoms in total. The van der Waals surface area contributed by atoms with Crippen LogP contribution in [0.15, 0.2) is 24.3 Å². The molecule has 0 saturated heterocycles. The summed E-state index contributed by atoms with van der Waals surface area (Å²) < 4.78 is 5.63. The van der Waals surface area contributed by atoms with Gasteiger partial charge in [-0.3, -0.25) is 11.3 Å². The van der Waals surface area contributed by atoms with Crippen molar-refractivity contribution in [1.29, 1.82) is 0 Å². The van der Waals surface area contributed by atoms with Crippen molar-refractivity contribution in [3.63, 3.8) is 0 Å². The van der Waals surface area contributed by atoms with Crippen LogP contribution in [-0.4, -0.2) is 6.61 Å². The lowest BCUT2D eigenvalue weighted by molar-refractivity contribution is 0.317. The molecule has 3 N–H and O–H groups in total. The first-order chi connectivity index (χ1) is 9.36. The SMILES string of the molecule is CCCOc1ccc(C(NN)C2C(C)(C)C2(C)C)cc1. The van der Waals surface area contributed by atoms with Gasteiger partial charge in [0.2, 0.25) is 0 Å². The van der Waals surface area contributed by atoms with Crippen LogP contribution in [0, 0.1) is 16.7 Å². The Labute approximate surface area is 122 Å². The average Bonchev–Trinajstić information content (AvgIpc) is 2.81. The number of hydrogen-bond donors (Lipinski definition) is 2. The minimum absolute atomic E-state index is 0.195. The Morgan fingerprint density at radius 3 is 2.10 bits per heavy atom. The summed E-state index contributed by atoms with van der Waals surface area (Å²) in [7, 11) is 0. The predicted octanol–water partition coefficient (Wildman–Crippen LogP) is 3.66. The first-order valence-corrected chi connectivity index (χ1v) is 7.55. The van der Waals surface area contributed by atoms with E-state index in [0.717, 1.165) is 18.8 Å². The van der Waals surface area contributed by atoms with Crippen LogP contribution in [0.4, 0.5) is 0 Å². The maximum absolute atomic E-state index is 5.82. The van der Waals surface area contributed by atoms with Gasteiger partial charge in [-0.05, 0) is 40.9 Å². The smallest absolute Gasteiger partial charge is 0.119 e. The van der Waals surface area contributed by atoms with E-state index >= 15 is 0 Å². The number of nitrogens with two attached hydrogens (primary N) is 1. The molecule has 1 atom stereocenters. The second-order valence-electron chi connectivity index (χ2n) is 6.98. The molecule has 0 amide bonds. The van der Waals surface area contributed by atoms with Gasteiger partial charge in [0, 0.05) is 6.04 Å². The molecular formula is C17H28N2O. The summed E-state index contributed by atoms with van der Waals surface area (Å²) in [6.45, 7) is 12.2. The summed E-state index contributed by atoms with van der Waals surface area (Å²) in [4.78, 5) is 0. The highest BCUT2D eigenvalue weighted by molar-refractivity contribution is 5.32. The minimum Gasteiger partial charge on any atom is -0.494 e. The van der Waals surface area contributed by atoms with Gasteiger partial charge in [0.15, 0.2) is 0 Å². The molecular weight excluding hydrogens is 248 g/mol. The quantitative estimate of drug-likeness (QED) is 0.615. The number of hydrogen-bond acceptors (Lipinski definition) is 3. The fraction of sp³-hybridized carbons (Fsp3) is 0.647. The maximum atomic E-state index is 5.82. The van der Waals surface area contributed by atoms with E-state index in [0.29, 0.717) is 16.7 Å². The predicted molar refractivity (Wildman–Crippen MR) is 83.3 cm³/mol. The van der Waals surface area contributed by atoms with E-state index in [1.54, 1.807) is 0 Å². The summed E-state index contributed by atoms with van der Waals surface area (Å²) >= 11 is 0. The van der Waals surface area contributed by atoms with Crippen LogP contribution >= 0.6 is 0 Å². The van der Waals surface area contributed by atoms with E-state index < -0.39 is 0 Å². The molecule has 0 aliphatic heterocycles. The number of hydrazine groups is 1. The van der Waals surface area contributed by atoms with Crippen molar-refractivity contribution < 1.29 is 4.74 Å². The van der Waals surface area contributed by atoms with E-state index in [2.05, 4.69) is 52.2 Å². The lowest BCUT2D eigenvalue weighted by Crippen LogP contribution is -2.31. The molecule has 1 saturated carbocycles. The maximum Gasteiger partial charge on any atom is 0.119 e. The molecule has 112 valence electrons. The third kappa shape index (κ3) is 2.45. The Balaban J connectivity index is 2.13. The summed E-state index contributed by atoms with van der Waals surface area (Å²) in [5.41, 5.74) is 4.86. The van der Waals surface area contributed by atoms with Crippen LogP contribution in [0.5, 0.6) is 5.75 Å². The fourth-order valence-corrected chi connectivity index (χ4v) is 3.46. The third-order valence-electron chi connectivity index (χ3n) is 5.36. The van der Waals surface area contributed by atoms with Crippen LogP contribution in [0.25, 0.3) is 0 Å². The molecule has 0 spiro atoms. The van der Waals surface area contributed by atoms with Crippen LogP contribution in [0.1, 0.15) is 52.6 Å². The van der Waals surface area contributed by atoms with E-state index in [-0.39, 0.29) is 6.04 Å². The molecule has 2 rings (SSSR count). The van der Waals surface area contributed by atoms with E-state index in [1.165, 1.54) is 5.56 Å². The zero-order valence-electron chi connectivity index (χ0n) is 13.4. The molecule has 20 heavy (non-hydrogen) atoms. The molecule has 0 radical (unpaired) electrons. The molecule has 0 aromatic heterocycles. The Morgan fingerprint density at radius 1 is 1.15 bits per heavy atom. The van der Waals surface area contributed by atoms with Crippen molar-refractivity contribution in [3.05, 3.63) is 29.8 Å². The summed E-state index contributed by atoms with van der Waals surface area (Å²) in [5.74, 6) is 7.30. The molecule has 1 aliphatic rings. The third-order valence-corrected chi connectivity index (χ3v) is 5.36. The number of benzene rings is 1. The Bertz CT molecular complexity index is 437. The molecule has 1 aromatic rings. The van der Waals surface area contributed by atoms with Crippen LogP contribution in [-0.2, 0) is 0 Å². The van der Waals surface area contributed by atoms with E-state index in [4.69, 9.17) is 10.6 Å². The van der Waals surface area contributed by atoms with Gasteiger partial charge < -0.3 is 4.74 Å². The second-order valence-corrected chi connectivity index (χ2v) is 6.98. The lowest BCUT2D eigenvalue weighted by Gasteiger charge is -2.19. The van der Waals surface area contributed by atoms with Crippen molar-refractivity contribution in [2.45, 2.75) is 47.1 Å². The highest BCUT2D eigenvalue weighted by atomic mass is 16.5. The highest BCUT2D eigenvalue weighted by Gasteiger charge is 2.67. The van der Waals surface area contributed by atoms with Crippen molar-refractivity contribution in [1.82, 2.24) is 5.43 Å². The first kappa shape index (κ1) is 15.3. The Hall–Kier alpha value is -1.06. The minimum atomic E-state index is 0.195. The summed E-state index contributed by atoms with van der Waals surface area (Å²) in [6.07, 6.45) is 1.03. The van der Waals surface area contributed by atoms with E-state index in [9.17, 15) is 0 Å². The van der Waals surface area contributed by atoms with Gasteiger partial charge in [0.1, 0.15) is 5.75 Å². The summed E-state index contributed by atoms with van der Waals surface area (Å²) in [5, 5.41) is 0. The average molecular weight is 276 g/mol. The first-order valence-electron chi connectivity index (χ1n) is 7.55. The highest BCUT2D eigenvalue weighted by Crippen LogP contribution is 2.72. The normalized spacial score (nSPS) is 21.5. The number of rotatable bonds is 6. The van der Waals surface area contributed by atoms with Crippen LogP contribution in [0.2, 0.25) is 0 Å². The van der Waals surface area contributed by atoms with Gasteiger partial charge >= 0.3 is 0 Å². The molecule has 1 aromatic carbocycles. The zero-order chi connectivity index (χ0) is 15.0. The van der Waals surface area contributed by atoms with Gasteiger partial charge in [-0.15, -0.1) is 0 Å². The Morgan fingerprint density at radius 2 is 1.70 bits per heavy atom. The largest absolute Gasteiger partial charge is 0.494 e. The molecule has 1 unspecified atom stereocenters. The van der Waals surface area contributed by atoms with Crippen LogP contribution in [0.3, 0.4) is 0 Å². The summed E-state index contributed by atoms with van der Waals surface area (Å²) in [6, 6.07) is 8.52. The number of ether oxygens (including phenoxy) is 1.